The Balaban J connectivity index is 2.20. The maximum absolute atomic E-state index is 12.7. The summed E-state index contributed by atoms with van der Waals surface area (Å²) in [6.45, 7) is 0.244. The van der Waals surface area contributed by atoms with Crippen LogP contribution in [0.3, 0.4) is 0 Å². The monoisotopic (exact) mass is 377 g/mol. The van der Waals surface area contributed by atoms with Crippen LogP contribution in [0.5, 0.6) is 0 Å². The van der Waals surface area contributed by atoms with E-state index in [4.69, 9.17) is 5.73 Å². The van der Waals surface area contributed by atoms with Crippen LogP contribution in [0.25, 0.3) is 0 Å². The van der Waals surface area contributed by atoms with Crippen molar-refractivity contribution in [2.75, 3.05) is 13.2 Å². The standard InChI is InChI=1S/C17H19N3O5S/c18-17(23)19-26(24,25)15-8-6-14(7-9-15)16(22)20(10-11-21)12-13-4-2-1-3-5-13/h1-9,21H,10-12H2,(H3,18,19,23). The third-order valence-corrected chi connectivity index (χ3v) is 4.88. The lowest BCUT2D eigenvalue weighted by Crippen LogP contribution is -2.35. The topological polar surface area (TPSA) is 130 Å². The Kier molecular flexibility index (Phi) is 6.31. The minimum atomic E-state index is -4.07. The summed E-state index contributed by atoms with van der Waals surface area (Å²) >= 11 is 0. The number of benzene rings is 2. The molecule has 0 aromatic heterocycles. The van der Waals surface area contributed by atoms with E-state index in [9.17, 15) is 23.1 Å². The highest BCUT2D eigenvalue weighted by molar-refractivity contribution is 7.90. The van der Waals surface area contributed by atoms with Crippen molar-refractivity contribution in [1.82, 2.24) is 9.62 Å². The minimum Gasteiger partial charge on any atom is -0.395 e. The number of aliphatic hydroxyl groups excluding tert-OH is 1. The number of hydrogen-bond acceptors (Lipinski definition) is 5. The van der Waals surface area contributed by atoms with Gasteiger partial charge in [0.15, 0.2) is 0 Å². The summed E-state index contributed by atoms with van der Waals surface area (Å²) in [7, 11) is -4.07. The largest absolute Gasteiger partial charge is 0.395 e. The molecule has 2 aromatic carbocycles. The zero-order valence-corrected chi connectivity index (χ0v) is 14.6. The van der Waals surface area contributed by atoms with Crippen molar-refractivity contribution in [2.24, 2.45) is 5.73 Å². The molecule has 4 N–H and O–H groups in total. The third-order valence-electron chi connectivity index (χ3n) is 3.52. The summed E-state index contributed by atoms with van der Waals surface area (Å²) in [5.41, 5.74) is 5.99. The fraction of sp³-hybridized carbons (Fsp3) is 0.176. The van der Waals surface area contributed by atoms with E-state index < -0.39 is 16.1 Å². The highest BCUT2D eigenvalue weighted by Crippen LogP contribution is 2.14. The summed E-state index contributed by atoms with van der Waals surface area (Å²) < 4.78 is 25.4. The highest BCUT2D eigenvalue weighted by atomic mass is 32.2. The van der Waals surface area contributed by atoms with E-state index in [0.29, 0.717) is 6.54 Å². The summed E-state index contributed by atoms with van der Waals surface area (Å²) in [6.07, 6.45) is 0. The predicted octanol–water partition coefficient (Wildman–Crippen LogP) is 0.678. The molecule has 0 aliphatic heterocycles. The first-order valence-corrected chi connectivity index (χ1v) is 9.18. The van der Waals surface area contributed by atoms with Gasteiger partial charge in [-0.3, -0.25) is 4.79 Å². The second-order valence-corrected chi connectivity index (χ2v) is 7.11. The lowest BCUT2D eigenvalue weighted by molar-refractivity contribution is 0.0707. The molecule has 0 unspecified atom stereocenters. The summed E-state index contributed by atoms with van der Waals surface area (Å²) in [6, 6.07) is 13.2. The second kappa shape index (κ2) is 8.45. The molecule has 8 nitrogen and oxygen atoms in total. The predicted molar refractivity (Wildman–Crippen MR) is 94.6 cm³/mol. The lowest BCUT2D eigenvalue weighted by Gasteiger charge is -2.22. The third kappa shape index (κ3) is 5.04. The van der Waals surface area contributed by atoms with Gasteiger partial charge in [0.25, 0.3) is 15.9 Å². The van der Waals surface area contributed by atoms with E-state index in [-0.39, 0.29) is 29.5 Å². The number of aliphatic hydroxyl groups is 1. The molecule has 2 rings (SSSR count). The number of carbonyl (C=O) groups excluding carboxylic acids is 2. The first kappa shape index (κ1) is 19.4. The van der Waals surface area contributed by atoms with Crippen LogP contribution in [0, 0.1) is 0 Å². The van der Waals surface area contributed by atoms with Gasteiger partial charge in [-0.1, -0.05) is 30.3 Å². The van der Waals surface area contributed by atoms with Crippen molar-refractivity contribution in [3.63, 3.8) is 0 Å². The fourth-order valence-electron chi connectivity index (χ4n) is 2.33. The molecule has 2 aromatic rings. The molecule has 0 heterocycles. The molecule has 0 fully saturated rings. The molecule has 9 heteroatoms. The molecular weight excluding hydrogens is 358 g/mol. The zero-order valence-electron chi connectivity index (χ0n) is 13.8. The number of nitrogens with one attached hydrogen (secondary N) is 1. The first-order valence-electron chi connectivity index (χ1n) is 7.70. The number of sulfonamides is 1. The maximum Gasteiger partial charge on any atom is 0.326 e. The summed E-state index contributed by atoms with van der Waals surface area (Å²) in [5, 5.41) is 9.22. The molecule has 0 aliphatic carbocycles. The van der Waals surface area contributed by atoms with Crippen LogP contribution in [-0.4, -0.2) is 43.5 Å². The van der Waals surface area contributed by atoms with E-state index >= 15 is 0 Å². The van der Waals surface area contributed by atoms with Gasteiger partial charge in [-0.05, 0) is 29.8 Å². The number of rotatable bonds is 7. The molecule has 0 saturated heterocycles. The van der Waals surface area contributed by atoms with Crippen molar-refractivity contribution in [2.45, 2.75) is 11.4 Å². The number of nitrogens with zero attached hydrogens (tertiary/aromatic N) is 1. The van der Waals surface area contributed by atoms with Crippen molar-refractivity contribution in [3.8, 4) is 0 Å². The first-order chi connectivity index (χ1) is 12.3. The van der Waals surface area contributed by atoms with Crippen LogP contribution >= 0.6 is 0 Å². The molecule has 26 heavy (non-hydrogen) atoms. The van der Waals surface area contributed by atoms with Gasteiger partial charge in [-0.25, -0.2) is 17.9 Å². The smallest absolute Gasteiger partial charge is 0.326 e. The highest BCUT2D eigenvalue weighted by Gasteiger charge is 2.19. The Morgan fingerprint density at radius 2 is 1.65 bits per heavy atom. The van der Waals surface area contributed by atoms with Crippen LogP contribution in [0.1, 0.15) is 15.9 Å². The van der Waals surface area contributed by atoms with Crippen LogP contribution in [-0.2, 0) is 16.6 Å². The average molecular weight is 377 g/mol. The van der Waals surface area contributed by atoms with Gasteiger partial charge in [0, 0.05) is 18.7 Å². The quantitative estimate of drug-likeness (QED) is 0.653. The maximum atomic E-state index is 12.7. The molecule has 0 bridgehead atoms. The Morgan fingerprint density at radius 1 is 1.04 bits per heavy atom. The van der Waals surface area contributed by atoms with E-state index in [1.807, 2.05) is 30.3 Å². The Hall–Kier alpha value is -2.91. The fourth-order valence-corrected chi connectivity index (χ4v) is 3.20. The van der Waals surface area contributed by atoms with Crippen molar-refractivity contribution in [1.29, 1.82) is 0 Å². The Morgan fingerprint density at radius 3 is 2.19 bits per heavy atom. The lowest BCUT2D eigenvalue weighted by atomic mass is 10.1. The number of urea groups is 1. The molecule has 0 radical (unpaired) electrons. The number of hydrogen-bond donors (Lipinski definition) is 3. The van der Waals surface area contributed by atoms with Gasteiger partial charge in [0.2, 0.25) is 0 Å². The normalized spacial score (nSPS) is 11.0. The second-order valence-electron chi connectivity index (χ2n) is 5.43. The van der Waals surface area contributed by atoms with Crippen molar-refractivity contribution >= 4 is 22.0 Å². The van der Waals surface area contributed by atoms with Gasteiger partial charge in [0.05, 0.1) is 11.5 Å². The Bertz CT molecular complexity index is 867. The number of primary amides is 1. The average Bonchev–Trinajstić information content (AvgIpc) is 2.61. The Labute approximate surface area is 151 Å². The van der Waals surface area contributed by atoms with Crippen LogP contribution < -0.4 is 10.5 Å². The SMILES string of the molecule is NC(=O)NS(=O)(=O)c1ccc(C(=O)N(CCO)Cc2ccccc2)cc1. The number of amides is 3. The van der Waals surface area contributed by atoms with Gasteiger partial charge < -0.3 is 15.7 Å². The number of nitrogens with two attached hydrogens (primary N) is 1. The zero-order chi connectivity index (χ0) is 19.2. The summed E-state index contributed by atoms with van der Waals surface area (Å²) in [4.78, 5) is 24.7. The van der Waals surface area contributed by atoms with E-state index in [1.54, 1.807) is 4.72 Å². The number of carbonyl (C=O) groups is 2. The van der Waals surface area contributed by atoms with Gasteiger partial charge in [-0.15, -0.1) is 0 Å². The van der Waals surface area contributed by atoms with Crippen molar-refractivity contribution < 1.29 is 23.1 Å². The van der Waals surface area contributed by atoms with Gasteiger partial charge in [-0.2, -0.15) is 0 Å². The molecule has 0 atom stereocenters. The molecule has 138 valence electrons. The van der Waals surface area contributed by atoms with Crippen LogP contribution in [0.4, 0.5) is 4.79 Å². The van der Waals surface area contributed by atoms with E-state index in [0.717, 1.165) is 5.56 Å². The van der Waals surface area contributed by atoms with Gasteiger partial charge >= 0.3 is 6.03 Å². The molecule has 0 saturated carbocycles. The summed E-state index contributed by atoms with van der Waals surface area (Å²) in [5.74, 6) is -0.352. The van der Waals surface area contributed by atoms with Crippen molar-refractivity contribution in [3.05, 3.63) is 65.7 Å². The molecule has 3 amide bonds. The molecular formula is C17H19N3O5S. The molecule has 0 spiro atoms. The minimum absolute atomic E-state index is 0.136. The van der Waals surface area contributed by atoms with E-state index in [1.165, 1.54) is 29.2 Å². The van der Waals surface area contributed by atoms with E-state index in [2.05, 4.69) is 0 Å². The van der Waals surface area contributed by atoms with Gasteiger partial charge in [0.1, 0.15) is 0 Å². The van der Waals surface area contributed by atoms with Crippen LogP contribution in [0.15, 0.2) is 59.5 Å². The molecule has 0 aliphatic rings. The van der Waals surface area contributed by atoms with Crippen LogP contribution in [0.2, 0.25) is 0 Å².